The fourth-order valence-corrected chi connectivity index (χ4v) is 3.29. The van der Waals surface area contributed by atoms with Gasteiger partial charge in [-0.1, -0.05) is 12.1 Å². The van der Waals surface area contributed by atoms with Gasteiger partial charge in [-0.2, -0.15) is 4.72 Å². The van der Waals surface area contributed by atoms with E-state index in [4.69, 9.17) is 9.84 Å². The third-order valence-electron chi connectivity index (χ3n) is 2.89. The third-order valence-corrected chi connectivity index (χ3v) is 4.46. The molecular weight excluding hydrogens is 277 g/mol. The van der Waals surface area contributed by atoms with Gasteiger partial charge in [-0.25, -0.2) is 12.8 Å². The Balaban J connectivity index is 2.36. The minimum Gasteiger partial charge on any atom is -0.480 e. The van der Waals surface area contributed by atoms with Crippen LogP contribution in [-0.4, -0.2) is 38.2 Å². The zero-order valence-corrected chi connectivity index (χ0v) is 10.6. The lowest BCUT2D eigenvalue weighted by Gasteiger charge is -2.23. The fraction of sp³-hybridized carbons (Fsp3) is 0.364. The van der Waals surface area contributed by atoms with E-state index in [9.17, 15) is 17.6 Å². The first-order valence-electron chi connectivity index (χ1n) is 5.47. The van der Waals surface area contributed by atoms with Gasteiger partial charge in [-0.3, -0.25) is 4.79 Å². The van der Waals surface area contributed by atoms with Crippen molar-refractivity contribution in [2.45, 2.75) is 16.9 Å². The van der Waals surface area contributed by atoms with Crippen molar-refractivity contribution >= 4 is 16.0 Å². The van der Waals surface area contributed by atoms with Crippen LogP contribution in [0.3, 0.4) is 0 Å². The molecule has 0 saturated carbocycles. The SMILES string of the molecule is O=C(O)C1(NS(=O)(=O)c2ccccc2F)CCOC1. The highest BCUT2D eigenvalue weighted by atomic mass is 32.2. The number of aliphatic carboxylic acids is 1. The fourth-order valence-electron chi connectivity index (χ4n) is 1.83. The quantitative estimate of drug-likeness (QED) is 0.834. The van der Waals surface area contributed by atoms with Gasteiger partial charge >= 0.3 is 5.97 Å². The summed E-state index contributed by atoms with van der Waals surface area (Å²) in [6, 6.07) is 4.77. The maximum atomic E-state index is 13.5. The number of rotatable bonds is 4. The number of carbonyl (C=O) groups is 1. The molecular formula is C11H12FNO5S. The van der Waals surface area contributed by atoms with Crippen LogP contribution in [0.4, 0.5) is 4.39 Å². The maximum Gasteiger partial charge on any atom is 0.327 e. The molecule has 1 aliphatic rings. The summed E-state index contributed by atoms with van der Waals surface area (Å²) in [6.07, 6.45) is -0.00395. The number of halogens is 1. The Morgan fingerprint density at radius 1 is 1.42 bits per heavy atom. The van der Waals surface area contributed by atoms with E-state index in [2.05, 4.69) is 0 Å². The summed E-state index contributed by atoms with van der Waals surface area (Å²) in [5, 5.41) is 9.14. The zero-order valence-electron chi connectivity index (χ0n) is 9.80. The first-order chi connectivity index (χ1) is 8.87. The van der Waals surface area contributed by atoms with Crippen LogP contribution in [0.1, 0.15) is 6.42 Å². The Bertz CT molecular complexity index is 595. The second kappa shape index (κ2) is 4.87. The van der Waals surface area contributed by atoms with Crippen molar-refractivity contribution < 1.29 is 27.4 Å². The van der Waals surface area contributed by atoms with Crippen molar-refractivity contribution in [2.24, 2.45) is 0 Å². The molecule has 1 atom stereocenters. The van der Waals surface area contributed by atoms with E-state index in [1.165, 1.54) is 12.1 Å². The highest BCUT2D eigenvalue weighted by Gasteiger charge is 2.46. The molecule has 1 saturated heterocycles. The number of carboxylic acids is 1. The van der Waals surface area contributed by atoms with Crippen molar-refractivity contribution in [3.05, 3.63) is 30.1 Å². The largest absolute Gasteiger partial charge is 0.480 e. The second-order valence-corrected chi connectivity index (χ2v) is 5.88. The van der Waals surface area contributed by atoms with Crippen LogP contribution >= 0.6 is 0 Å². The number of nitrogens with one attached hydrogen (secondary N) is 1. The number of ether oxygens (including phenoxy) is 1. The summed E-state index contributed by atoms with van der Waals surface area (Å²) in [6.45, 7) is -0.151. The third kappa shape index (κ3) is 2.60. The maximum absolute atomic E-state index is 13.5. The number of hydrogen-bond acceptors (Lipinski definition) is 4. The predicted octanol–water partition coefficient (Wildman–Crippen LogP) is 0.348. The van der Waals surface area contributed by atoms with Crippen LogP contribution in [0.5, 0.6) is 0 Å². The molecule has 1 aromatic carbocycles. The van der Waals surface area contributed by atoms with E-state index in [1.807, 2.05) is 4.72 Å². The minimum atomic E-state index is -4.26. The Hall–Kier alpha value is -1.51. The molecule has 1 aromatic rings. The van der Waals surface area contributed by atoms with Crippen molar-refractivity contribution in [2.75, 3.05) is 13.2 Å². The molecule has 8 heteroatoms. The Morgan fingerprint density at radius 3 is 2.63 bits per heavy atom. The van der Waals surface area contributed by atoms with Crippen molar-refractivity contribution in [1.29, 1.82) is 0 Å². The summed E-state index contributed by atoms with van der Waals surface area (Å²) in [5.74, 6) is -2.28. The molecule has 104 valence electrons. The van der Waals surface area contributed by atoms with Gasteiger partial charge < -0.3 is 9.84 Å². The lowest BCUT2D eigenvalue weighted by atomic mass is 10.0. The lowest BCUT2D eigenvalue weighted by molar-refractivity contribution is -0.144. The molecule has 0 spiro atoms. The van der Waals surface area contributed by atoms with Gasteiger partial charge in [0.05, 0.1) is 6.61 Å². The van der Waals surface area contributed by atoms with Crippen LogP contribution in [-0.2, 0) is 19.6 Å². The lowest BCUT2D eigenvalue weighted by Crippen LogP contribution is -2.55. The summed E-state index contributed by atoms with van der Waals surface area (Å²) in [7, 11) is -4.26. The molecule has 6 nitrogen and oxygen atoms in total. The molecule has 1 heterocycles. The van der Waals surface area contributed by atoms with E-state index >= 15 is 0 Å². The number of hydrogen-bond donors (Lipinski definition) is 2. The molecule has 1 unspecified atom stereocenters. The summed E-state index contributed by atoms with van der Waals surface area (Å²) in [4.78, 5) is 10.6. The first kappa shape index (κ1) is 13.9. The monoisotopic (exact) mass is 289 g/mol. The number of sulfonamides is 1. The van der Waals surface area contributed by atoms with Gasteiger partial charge in [-0.05, 0) is 12.1 Å². The topological polar surface area (TPSA) is 92.7 Å². The summed E-state index contributed by atoms with van der Waals surface area (Å²) >= 11 is 0. The van der Waals surface area contributed by atoms with E-state index in [0.717, 1.165) is 12.1 Å². The summed E-state index contributed by atoms with van der Waals surface area (Å²) < 4.78 is 44.5. The van der Waals surface area contributed by atoms with E-state index in [1.54, 1.807) is 0 Å². The van der Waals surface area contributed by atoms with E-state index in [-0.39, 0.29) is 19.6 Å². The minimum absolute atomic E-state index is 0.00395. The Morgan fingerprint density at radius 2 is 2.11 bits per heavy atom. The molecule has 19 heavy (non-hydrogen) atoms. The van der Waals surface area contributed by atoms with Gasteiger partial charge in [-0.15, -0.1) is 0 Å². The molecule has 0 aliphatic carbocycles. The Labute approximate surface area is 109 Å². The smallest absolute Gasteiger partial charge is 0.327 e. The van der Waals surface area contributed by atoms with Gasteiger partial charge in [0.2, 0.25) is 10.0 Å². The van der Waals surface area contributed by atoms with Gasteiger partial charge in [0.15, 0.2) is 5.54 Å². The Kier molecular flexibility index (Phi) is 3.57. The molecule has 1 aliphatic heterocycles. The molecule has 0 bridgehead atoms. The molecule has 1 fully saturated rings. The molecule has 2 N–H and O–H groups in total. The molecule has 0 radical (unpaired) electrons. The highest BCUT2D eigenvalue weighted by molar-refractivity contribution is 7.89. The van der Waals surface area contributed by atoms with Crippen LogP contribution in [0, 0.1) is 5.82 Å². The zero-order chi connectivity index (χ0) is 14.1. The second-order valence-electron chi connectivity index (χ2n) is 4.23. The van der Waals surface area contributed by atoms with Crippen molar-refractivity contribution in [1.82, 2.24) is 4.72 Å². The van der Waals surface area contributed by atoms with Gasteiger partial charge in [0, 0.05) is 13.0 Å². The van der Waals surface area contributed by atoms with Crippen LogP contribution in [0.15, 0.2) is 29.2 Å². The molecule has 0 amide bonds. The van der Waals surface area contributed by atoms with Gasteiger partial charge in [0.25, 0.3) is 0 Å². The number of benzene rings is 1. The normalized spacial score (nSPS) is 23.4. The van der Waals surface area contributed by atoms with Crippen LogP contribution < -0.4 is 4.72 Å². The van der Waals surface area contributed by atoms with Crippen LogP contribution in [0.25, 0.3) is 0 Å². The highest BCUT2D eigenvalue weighted by Crippen LogP contribution is 2.23. The molecule has 2 rings (SSSR count). The summed E-state index contributed by atoms with van der Waals surface area (Å²) in [5.41, 5.74) is -1.74. The van der Waals surface area contributed by atoms with E-state index < -0.39 is 32.2 Å². The van der Waals surface area contributed by atoms with Crippen molar-refractivity contribution in [3.63, 3.8) is 0 Å². The van der Waals surface area contributed by atoms with Crippen molar-refractivity contribution in [3.8, 4) is 0 Å². The van der Waals surface area contributed by atoms with Gasteiger partial charge in [0.1, 0.15) is 10.7 Å². The first-order valence-corrected chi connectivity index (χ1v) is 6.95. The average Bonchev–Trinajstić information content (AvgIpc) is 2.78. The van der Waals surface area contributed by atoms with E-state index in [0.29, 0.717) is 0 Å². The molecule has 0 aromatic heterocycles. The predicted molar refractivity (Wildman–Crippen MR) is 62.5 cm³/mol. The van der Waals surface area contributed by atoms with Crippen LogP contribution in [0.2, 0.25) is 0 Å². The standard InChI is InChI=1S/C11H12FNO5S/c12-8-3-1-2-4-9(8)19(16,17)13-11(10(14)15)5-6-18-7-11/h1-4,13H,5-7H2,(H,14,15). The average molecular weight is 289 g/mol. The number of carboxylic acid groups (broad SMARTS) is 1.